The van der Waals surface area contributed by atoms with E-state index < -0.39 is 5.60 Å². The lowest BCUT2D eigenvalue weighted by Crippen LogP contribution is -2.44. The third-order valence-electron chi connectivity index (χ3n) is 4.65. The van der Waals surface area contributed by atoms with Gasteiger partial charge in [0, 0.05) is 26.2 Å². The summed E-state index contributed by atoms with van der Waals surface area (Å²) in [6, 6.07) is 8.37. The van der Waals surface area contributed by atoms with Gasteiger partial charge >= 0.3 is 0 Å². The van der Waals surface area contributed by atoms with E-state index in [1.165, 1.54) is 5.56 Å². The first-order valence-corrected chi connectivity index (χ1v) is 8.16. The molecule has 0 aliphatic carbocycles. The number of hydrogen-bond donors (Lipinski definition) is 2. The molecule has 1 aliphatic rings. The quantitative estimate of drug-likeness (QED) is 0.759. The number of aryl methyl sites for hydroxylation is 1. The SMILES string of the molecule is COCCCCC(O)(c1cccc(C)c1)C1CCCNC1. The van der Waals surface area contributed by atoms with Crippen LogP contribution in [0.1, 0.15) is 43.2 Å². The van der Waals surface area contributed by atoms with Gasteiger partial charge in [0.2, 0.25) is 0 Å². The van der Waals surface area contributed by atoms with Crippen molar-refractivity contribution >= 4 is 0 Å². The fourth-order valence-electron chi connectivity index (χ4n) is 3.40. The molecule has 0 spiro atoms. The third kappa shape index (κ3) is 4.29. The van der Waals surface area contributed by atoms with Crippen molar-refractivity contribution in [2.24, 2.45) is 5.92 Å². The lowest BCUT2D eigenvalue weighted by Gasteiger charge is -2.39. The molecule has 2 atom stereocenters. The molecule has 1 saturated heterocycles. The lowest BCUT2D eigenvalue weighted by atomic mass is 9.74. The number of benzene rings is 1. The maximum absolute atomic E-state index is 11.5. The monoisotopic (exact) mass is 291 g/mol. The molecule has 1 aliphatic heterocycles. The Morgan fingerprint density at radius 1 is 1.38 bits per heavy atom. The Morgan fingerprint density at radius 3 is 2.90 bits per heavy atom. The van der Waals surface area contributed by atoms with Crippen molar-refractivity contribution in [2.45, 2.75) is 44.6 Å². The average Bonchev–Trinajstić information content (AvgIpc) is 2.52. The Balaban J connectivity index is 2.15. The molecule has 3 nitrogen and oxygen atoms in total. The topological polar surface area (TPSA) is 41.5 Å². The second-order valence-corrected chi connectivity index (χ2v) is 6.29. The van der Waals surface area contributed by atoms with E-state index in [1.54, 1.807) is 7.11 Å². The molecule has 1 aromatic rings. The molecule has 1 heterocycles. The summed E-state index contributed by atoms with van der Waals surface area (Å²) in [5, 5.41) is 14.9. The molecule has 0 saturated carbocycles. The van der Waals surface area contributed by atoms with Crippen LogP contribution in [0.3, 0.4) is 0 Å². The fourth-order valence-corrected chi connectivity index (χ4v) is 3.40. The van der Waals surface area contributed by atoms with Gasteiger partial charge in [-0.2, -0.15) is 0 Å². The Labute approximate surface area is 128 Å². The van der Waals surface area contributed by atoms with Gasteiger partial charge in [-0.1, -0.05) is 29.8 Å². The number of unbranched alkanes of at least 4 members (excludes halogenated alkanes) is 1. The van der Waals surface area contributed by atoms with Crippen LogP contribution in [0, 0.1) is 12.8 Å². The predicted octanol–water partition coefficient (Wildman–Crippen LogP) is 3.00. The summed E-state index contributed by atoms with van der Waals surface area (Å²) >= 11 is 0. The van der Waals surface area contributed by atoms with Crippen LogP contribution in [0.4, 0.5) is 0 Å². The van der Waals surface area contributed by atoms with Crippen molar-refractivity contribution in [2.75, 3.05) is 26.8 Å². The Morgan fingerprint density at radius 2 is 2.24 bits per heavy atom. The van der Waals surface area contributed by atoms with Gasteiger partial charge in [0.05, 0.1) is 5.60 Å². The summed E-state index contributed by atoms with van der Waals surface area (Å²) in [6.45, 7) is 4.85. The minimum atomic E-state index is -0.715. The van der Waals surface area contributed by atoms with Crippen LogP contribution in [0.15, 0.2) is 24.3 Å². The minimum Gasteiger partial charge on any atom is -0.385 e. The van der Waals surface area contributed by atoms with Gasteiger partial charge in [0.1, 0.15) is 0 Å². The smallest absolute Gasteiger partial charge is 0.0936 e. The summed E-state index contributed by atoms with van der Waals surface area (Å²) in [7, 11) is 1.73. The summed E-state index contributed by atoms with van der Waals surface area (Å²) < 4.78 is 5.13. The molecule has 0 radical (unpaired) electrons. The number of aliphatic hydroxyl groups is 1. The van der Waals surface area contributed by atoms with Gasteiger partial charge in [-0.05, 0) is 51.1 Å². The van der Waals surface area contributed by atoms with Crippen LogP contribution in [-0.4, -0.2) is 31.9 Å². The highest BCUT2D eigenvalue weighted by molar-refractivity contribution is 5.28. The molecule has 2 rings (SSSR count). The first-order chi connectivity index (χ1) is 10.2. The van der Waals surface area contributed by atoms with E-state index in [4.69, 9.17) is 4.74 Å². The largest absolute Gasteiger partial charge is 0.385 e. The normalized spacial score (nSPS) is 22.0. The average molecular weight is 291 g/mol. The van der Waals surface area contributed by atoms with Crippen molar-refractivity contribution in [1.82, 2.24) is 5.32 Å². The van der Waals surface area contributed by atoms with Gasteiger partial charge in [-0.3, -0.25) is 0 Å². The highest BCUT2D eigenvalue weighted by Gasteiger charge is 2.38. The van der Waals surface area contributed by atoms with Crippen LogP contribution in [-0.2, 0) is 10.3 Å². The van der Waals surface area contributed by atoms with E-state index in [0.717, 1.165) is 57.4 Å². The zero-order valence-electron chi connectivity index (χ0n) is 13.4. The minimum absolute atomic E-state index is 0.301. The van der Waals surface area contributed by atoms with Crippen LogP contribution in [0.2, 0.25) is 0 Å². The Bertz CT molecular complexity index is 429. The number of ether oxygens (including phenoxy) is 1. The molecule has 2 unspecified atom stereocenters. The van der Waals surface area contributed by atoms with E-state index in [2.05, 4.69) is 36.5 Å². The number of rotatable bonds is 7. The highest BCUT2D eigenvalue weighted by Crippen LogP contribution is 2.38. The fraction of sp³-hybridized carbons (Fsp3) is 0.667. The molecule has 3 heteroatoms. The van der Waals surface area contributed by atoms with Crippen LogP contribution in [0.5, 0.6) is 0 Å². The molecular weight excluding hydrogens is 262 g/mol. The third-order valence-corrected chi connectivity index (χ3v) is 4.65. The molecule has 1 fully saturated rings. The summed E-state index contributed by atoms with van der Waals surface area (Å²) in [5.74, 6) is 0.301. The number of hydrogen-bond acceptors (Lipinski definition) is 3. The Kier molecular flexibility index (Phi) is 6.22. The van der Waals surface area contributed by atoms with Crippen molar-refractivity contribution in [3.05, 3.63) is 35.4 Å². The molecular formula is C18H29NO2. The van der Waals surface area contributed by atoms with Crippen molar-refractivity contribution in [3.8, 4) is 0 Å². The zero-order valence-corrected chi connectivity index (χ0v) is 13.4. The summed E-state index contributed by atoms with van der Waals surface area (Å²) in [6.07, 6.45) is 5.06. The summed E-state index contributed by atoms with van der Waals surface area (Å²) in [5.41, 5.74) is 1.58. The molecule has 118 valence electrons. The van der Waals surface area contributed by atoms with Crippen molar-refractivity contribution < 1.29 is 9.84 Å². The van der Waals surface area contributed by atoms with E-state index in [9.17, 15) is 5.11 Å². The second-order valence-electron chi connectivity index (χ2n) is 6.29. The number of nitrogens with one attached hydrogen (secondary N) is 1. The molecule has 0 bridgehead atoms. The van der Waals surface area contributed by atoms with Gasteiger partial charge in [-0.25, -0.2) is 0 Å². The van der Waals surface area contributed by atoms with Gasteiger partial charge in [0.25, 0.3) is 0 Å². The van der Waals surface area contributed by atoms with Gasteiger partial charge < -0.3 is 15.2 Å². The molecule has 0 amide bonds. The van der Waals surface area contributed by atoms with E-state index in [-0.39, 0.29) is 0 Å². The van der Waals surface area contributed by atoms with Crippen LogP contribution >= 0.6 is 0 Å². The number of piperidine rings is 1. The predicted molar refractivity (Wildman–Crippen MR) is 86.4 cm³/mol. The molecule has 21 heavy (non-hydrogen) atoms. The van der Waals surface area contributed by atoms with E-state index >= 15 is 0 Å². The number of methoxy groups -OCH3 is 1. The second kappa shape index (κ2) is 7.92. The molecule has 0 aromatic heterocycles. The first kappa shape index (κ1) is 16.5. The zero-order chi connectivity index (χ0) is 15.1. The van der Waals surface area contributed by atoms with Gasteiger partial charge in [0.15, 0.2) is 0 Å². The van der Waals surface area contributed by atoms with Crippen molar-refractivity contribution in [3.63, 3.8) is 0 Å². The highest BCUT2D eigenvalue weighted by atomic mass is 16.5. The first-order valence-electron chi connectivity index (χ1n) is 8.16. The molecule has 2 N–H and O–H groups in total. The van der Waals surface area contributed by atoms with E-state index in [1.807, 2.05) is 0 Å². The molecule has 1 aromatic carbocycles. The maximum atomic E-state index is 11.5. The van der Waals surface area contributed by atoms with Crippen LogP contribution in [0.25, 0.3) is 0 Å². The van der Waals surface area contributed by atoms with E-state index in [0.29, 0.717) is 5.92 Å². The van der Waals surface area contributed by atoms with Gasteiger partial charge in [-0.15, -0.1) is 0 Å². The standard InChI is InChI=1S/C18H29NO2/c1-15-7-5-8-16(13-15)18(20,10-3-4-12-21-2)17-9-6-11-19-14-17/h5,7-8,13,17,19-20H,3-4,6,9-12,14H2,1-2H3. The van der Waals surface area contributed by atoms with Crippen LogP contribution < -0.4 is 5.32 Å². The summed E-state index contributed by atoms with van der Waals surface area (Å²) in [4.78, 5) is 0. The maximum Gasteiger partial charge on any atom is 0.0936 e. The van der Waals surface area contributed by atoms with Crippen molar-refractivity contribution in [1.29, 1.82) is 0 Å². The Hall–Kier alpha value is -0.900. The lowest BCUT2D eigenvalue weighted by molar-refractivity contribution is -0.0434.